The van der Waals surface area contributed by atoms with Gasteiger partial charge in [-0.2, -0.15) is 5.26 Å². The molecule has 32 heavy (non-hydrogen) atoms. The first-order chi connectivity index (χ1) is 15.4. The first-order valence-corrected chi connectivity index (χ1v) is 12.4. The minimum Gasteiger partial charge on any atom is -0.311 e. The topological polar surface area (TPSA) is 92.0 Å². The van der Waals surface area contributed by atoms with Crippen molar-refractivity contribution in [2.75, 3.05) is 0 Å². The van der Waals surface area contributed by atoms with E-state index in [9.17, 15) is 13.2 Å². The Morgan fingerprint density at radius 2 is 1.75 bits per heavy atom. The van der Waals surface area contributed by atoms with Gasteiger partial charge in [-0.1, -0.05) is 48.2 Å². The van der Waals surface area contributed by atoms with E-state index in [0.717, 1.165) is 16.3 Å². The number of aromatic nitrogens is 1. The van der Waals surface area contributed by atoms with Crippen LogP contribution >= 0.6 is 24.0 Å². The van der Waals surface area contributed by atoms with Gasteiger partial charge in [0, 0.05) is 10.8 Å². The lowest BCUT2D eigenvalue weighted by Gasteiger charge is -2.10. The van der Waals surface area contributed by atoms with Gasteiger partial charge in [0.15, 0.2) is 0 Å². The lowest BCUT2D eigenvalue weighted by molar-refractivity contribution is -0.118. The maximum absolute atomic E-state index is 13.6. The van der Waals surface area contributed by atoms with Crippen LogP contribution in [0.15, 0.2) is 71.6 Å². The number of carbonyl (C=O) groups is 1. The van der Waals surface area contributed by atoms with Crippen molar-refractivity contribution in [2.45, 2.75) is 16.6 Å². The van der Waals surface area contributed by atoms with Crippen molar-refractivity contribution in [1.29, 1.82) is 5.26 Å². The summed E-state index contributed by atoms with van der Waals surface area (Å²) in [4.78, 5) is 12.2. The number of nitriles is 1. The molecule has 0 aliphatic carbocycles. The number of thioether (sulfide) groups is 1. The predicted molar refractivity (Wildman–Crippen MR) is 129 cm³/mol. The zero-order chi connectivity index (χ0) is 22.5. The molecule has 0 radical (unpaired) electrons. The molecule has 2 heterocycles. The van der Waals surface area contributed by atoms with Crippen LogP contribution in [-0.2, 0) is 21.2 Å². The molecule has 1 aromatic heterocycles. The molecule has 158 valence electrons. The average molecular weight is 478 g/mol. The van der Waals surface area contributed by atoms with Crippen LogP contribution in [-0.4, -0.2) is 27.9 Å². The molecule has 0 bridgehead atoms. The number of hydrogen-bond acceptors (Lipinski definition) is 6. The Kier molecular flexibility index (Phi) is 5.01. The second kappa shape index (κ2) is 7.74. The maximum atomic E-state index is 13.6. The molecular weight excluding hydrogens is 462 g/mol. The number of thiocarbonyl (C=S) groups is 1. The Morgan fingerprint density at radius 1 is 1.03 bits per heavy atom. The van der Waals surface area contributed by atoms with Gasteiger partial charge in [-0.3, -0.25) is 4.79 Å². The maximum Gasteiger partial charge on any atom is 0.268 e. The molecule has 1 unspecified atom stereocenters. The Hall–Kier alpha value is -3.19. The molecule has 1 amide bonds. The molecule has 1 aliphatic heterocycles. The van der Waals surface area contributed by atoms with Crippen molar-refractivity contribution in [3.63, 3.8) is 0 Å². The molecule has 9 heteroatoms. The largest absolute Gasteiger partial charge is 0.311 e. The van der Waals surface area contributed by atoms with Gasteiger partial charge in [-0.15, -0.1) is 0 Å². The number of fused-ring (bicyclic) bond motifs is 3. The molecule has 1 aliphatic rings. The third-order valence-electron chi connectivity index (χ3n) is 5.40. The van der Waals surface area contributed by atoms with Crippen LogP contribution in [0.3, 0.4) is 0 Å². The molecule has 6 nitrogen and oxygen atoms in total. The second-order valence-corrected chi connectivity index (χ2v) is 11.0. The summed E-state index contributed by atoms with van der Waals surface area (Å²) in [6.45, 7) is 0. The SMILES string of the molecule is N#Cc1ccc(S(=O)(=O)n2c3ccccc3c3cc(CC4SC(=S)NC4=O)ccc32)cc1. The number of hydrogen-bond donors (Lipinski definition) is 1. The van der Waals surface area contributed by atoms with Gasteiger partial charge < -0.3 is 5.32 Å². The highest BCUT2D eigenvalue weighted by molar-refractivity contribution is 8.24. The Bertz CT molecular complexity index is 1570. The third-order valence-corrected chi connectivity index (χ3v) is 8.52. The van der Waals surface area contributed by atoms with Gasteiger partial charge >= 0.3 is 0 Å². The van der Waals surface area contributed by atoms with Crippen LogP contribution in [0.2, 0.25) is 0 Å². The van der Waals surface area contributed by atoms with Gasteiger partial charge in [-0.25, -0.2) is 12.4 Å². The standard InChI is InChI=1S/C23H15N3O3S3/c24-13-14-5-8-16(9-6-14)32(28,29)26-19-4-2-1-3-17(19)18-11-15(7-10-20(18)26)12-21-22(27)25-23(30)31-21/h1-11,21H,12H2,(H,25,27,30). The fourth-order valence-electron chi connectivity index (χ4n) is 3.92. The molecule has 5 rings (SSSR count). The zero-order valence-electron chi connectivity index (χ0n) is 16.5. The van der Waals surface area contributed by atoms with E-state index in [2.05, 4.69) is 5.32 Å². The van der Waals surface area contributed by atoms with Crippen molar-refractivity contribution in [3.05, 3.63) is 77.9 Å². The highest BCUT2D eigenvalue weighted by Crippen LogP contribution is 2.34. The minimum absolute atomic E-state index is 0.106. The fraction of sp³-hybridized carbons (Fsp3) is 0.0870. The fourth-order valence-corrected chi connectivity index (χ4v) is 6.75. The Morgan fingerprint density at radius 3 is 2.44 bits per heavy atom. The number of amides is 1. The first kappa shape index (κ1) is 20.7. The van der Waals surface area contributed by atoms with E-state index in [0.29, 0.717) is 27.3 Å². The summed E-state index contributed by atoms with van der Waals surface area (Å²) >= 11 is 6.41. The summed E-state index contributed by atoms with van der Waals surface area (Å²) in [6, 6.07) is 20.8. The Balaban J connectivity index is 1.67. The molecule has 4 aromatic rings. The van der Waals surface area contributed by atoms with Crippen LogP contribution in [0, 0.1) is 11.3 Å². The smallest absolute Gasteiger partial charge is 0.268 e. The summed E-state index contributed by atoms with van der Waals surface area (Å²) in [6.07, 6.45) is 0.495. The van der Waals surface area contributed by atoms with E-state index in [-0.39, 0.29) is 16.1 Å². The molecule has 1 N–H and O–H groups in total. The summed E-state index contributed by atoms with van der Waals surface area (Å²) < 4.78 is 29.0. The molecule has 0 spiro atoms. The molecule has 1 fully saturated rings. The van der Waals surface area contributed by atoms with Crippen LogP contribution in [0.25, 0.3) is 21.8 Å². The van der Waals surface area contributed by atoms with Gasteiger partial charge in [0.05, 0.1) is 32.8 Å². The Labute approximate surface area is 193 Å². The first-order valence-electron chi connectivity index (χ1n) is 9.68. The van der Waals surface area contributed by atoms with Gasteiger partial charge in [-0.05, 0) is 54.4 Å². The van der Waals surface area contributed by atoms with Crippen molar-refractivity contribution in [1.82, 2.24) is 9.29 Å². The van der Waals surface area contributed by atoms with Gasteiger partial charge in [0.1, 0.15) is 4.32 Å². The van der Waals surface area contributed by atoms with Crippen LogP contribution < -0.4 is 5.32 Å². The van der Waals surface area contributed by atoms with Crippen molar-refractivity contribution in [2.24, 2.45) is 0 Å². The minimum atomic E-state index is -3.90. The van der Waals surface area contributed by atoms with Crippen molar-refractivity contribution >= 4 is 66.0 Å². The zero-order valence-corrected chi connectivity index (χ0v) is 18.9. The number of rotatable bonds is 4. The van der Waals surface area contributed by atoms with Crippen LogP contribution in [0.4, 0.5) is 0 Å². The quantitative estimate of drug-likeness (QED) is 0.447. The number of carbonyl (C=O) groups excluding carboxylic acids is 1. The van der Waals surface area contributed by atoms with E-state index in [1.165, 1.54) is 40.0 Å². The van der Waals surface area contributed by atoms with Crippen molar-refractivity contribution in [3.8, 4) is 6.07 Å². The molecule has 0 saturated carbocycles. The normalized spacial score (nSPS) is 16.4. The van der Waals surface area contributed by atoms with E-state index in [1.807, 2.05) is 30.3 Å². The van der Waals surface area contributed by atoms with E-state index < -0.39 is 10.0 Å². The highest BCUT2D eigenvalue weighted by Gasteiger charge is 2.29. The van der Waals surface area contributed by atoms with E-state index in [4.69, 9.17) is 17.5 Å². The summed E-state index contributed by atoms with van der Waals surface area (Å²) in [5.74, 6) is -0.106. The molecule has 1 atom stereocenters. The van der Waals surface area contributed by atoms with E-state index in [1.54, 1.807) is 18.2 Å². The lowest BCUT2D eigenvalue weighted by atomic mass is 10.1. The van der Waals surface area contributed by atoms with Crippen LogP contribution in [0.1, 0.15) is 11.1 Å². The molecule has 3 aromatic carbocycles. The molecule has 1 saturated heterocycles. The summed E-state index contributed by atoms with van der Waals surface area (Å²) in [7, 11) is -3.90. The number of nitrogens with one attached hydrogen (secondary N) is 1. The van der Waals surface area contributed by atoms with E-state index >= 15 is 0 Å². The average Bonchev–Trinajstić information content (AvgIpc) is 3.29. The summed E-state index contributed by atoms with van der Waals surface area (Å²) in [5.41, 5.74) is 2.44. The van der Waals surface area contributed by atoms with Crippen molar-refractivity contribution < 1.29 is 13.2 Å². The second-order valence-electron chi connectivity index (χ2n) is 7.36. The number of benzene rings is 3. The number of para-hydroxylation sites is 1. The van der Waals surface area contributed by atoms with Gasteiger partial charge in [0.2, 0.25) is 5.91 Å². The summed E-state index contributed by atoms with van der Waals surface area (Å²) in [5, 5.41) is 13.0. The van der Waals surface area contributed by atoms with Crippen LogP contribution in [0.5, 0.6) is 0 Å². The highest BCUT2D eigenvalue weighted by atomic mass is 32.2. The third kappa shape index (κ3) is 3.37. The predicted octanol–water partition coefficient (Wildman–Crippen LogP) is 3.96. The monoisotopic (exact) mass is 477 g/mol. The van der Waals surface area contributed by atoms with Gasteiger partial charge in [0.25, 0.3) is 10.0 Å². The molecular formula is C23H15N3O3S3. The lowest BCUT2D eigenvalue weighted by Crippen LogP contribution is -2.25. The number of nitrogens with zero attached hydrogens (tertiary/aromatic N) is 2.